The molecule has 1 aromatic heterocycles. The number of nitrogens with zero attached hydrogens (tertiary/aromatic N) is 5. The highest BCUT2D eigenvalue weighted by atomic mass is 35.5. The van der Waals surface area contributed by atoms with Crippen molar-refractivity contribution in [2.45, 2.75) is 12.5 Å². The largest absolute Gasteiger partial charge is 0.465 e. The molecule has 3 aromatic rings. The smallest absolute Gasteiger partial charge is 0.337 e. The molecule has 0 aliphatic carbocycles. The topological polar surface area (TPSA) is 158 Å². The van der Waals surface area contributed by atoms with Crippen LogP contribution < -0.4 is 10.6 Å². The van der Waals surface area contributed by atoms with E-state index in [2.05, 4.69) is 30.9 Å². The first kappa shape index (κ1) is 28.4. The van der Waals surface area contributed by atoms with E-state index in [1.54, 1.807) is 23.1 Å². The standard InChI is InChI=1S/C26H26ClN7O6/c1-39-26(38)17-2-6-20(7-3-17)29-25(37)21(15-24(36)33-10-12-40-13-11-33)30-23(35)9-4-18-14-19(27)5-8-22(18)34-16-28-31-32-34/h2-9,14,16,21H,10-13,15H2,1H3,(H,29,37)(H,30,35)/t21-/m0/s1. The Labute approximate surface area is 234 Å². The highest BCUT2D eigenvalue weighted by molar-refractivity contribution is 6.30. The van der Waals surface area contributed by atoms with Gasteiger partial charge < -0.3 is 25.0 Å². The van der Waals surface area contributed by atoms with Crippen molar-refractivity contribution >= 4 is 47.1 Å². The van der Waals surface area contributed by atoms with Crippen molar-refractivity contribution in [3.63, 3.8) is 0 Å². The lowest BCUT2D eigenvalue weighted by atomic mass is 10.1. The van der Waals surface area contributed by atoms with Gasteiger partial charge in [-0.1, -0.05) is 11.6 Å². The summed E-state index contributed by atoms with van der Waals surface area (Å²) in [5, 5.41) is 16.8. The van der Waals surface area contributed by atoms with Gasteiger partial charge in [-0.3, -0.25) is 14.4 Å². The maximum absolute atomic E-state index is 13.2. The number of halogens is 1. The molecule has 1 atom stereocenters. The molecule has 1 aliphatic rings. The average molecular weight is 568 g/mol. The van der Waals surface area contributed by atoms with Crippen LogP contribution in [-0.2, 0) is 23.9 Å². The zero-order chi connectivity index (χ0) is 28.5. The van der Waals surface area contributed by atoms with Gasteiger partial charge in [-0.05, 0) is 59.0 Å². The van der Waals surface area contributed by atoms with E-state index in [9.17, 15) is 19.2 Å². The van der Waals surface area contributed by atoms with Crippen molar-refractivity contribution in [1.29, 1.82) is 0 Å². The lowest BCUT2D eigenvalue weighted by molar-refractivity contribution is -0.137. The molecule has 2 N–H and O–H groups in total. The first-order valence-corrected chi connectivity index (χ1v) is 12.6. The monoisotopic (exact) mass is 567 g/mol. The Bertz CT molecular complexity index is 1390. The summed E-state index contributed by atoms with van der Waals surface area (Å²) in [5.74, 6) is -2.04. The molecule has 0 saturated carbocycles. The molecule has 1 aliphatic heterocycles. The molecule has 0 radical (unpaired) electrons. The summed E-state index contributed by atoms with van der Waals surface area (Å²) in [7, 11) is 1.27. The molecule has 1 fully saturated rings. The number of rotatable bonds is 9. The zero-order valence-corrected chi connectivity index (χ0v) is 22.2. The molecular formula is C26H26ClN7O6. The molecule has 2 aromatic carbocycles. The maximum atomic E-state index is 13.2. The van der Waals surface area contributed by atoms with E-state index in [-0.39, 0.29) is 12.3 Å². The van der Waals surface area contributed by atoms with Crippen molar-refractivity contribution in [3.8, 4) is 5.69 Å². The summed E-state index contributed by atoms with van der Waals surface area (Å²) in [6.07, 6.45) is 3.86. The van der Waals surface area contributed by atoms with E-state index in [1.165, 1.54) is 54.5 Å². The second-order valence-electron chi connectivity index (χ2n) is 8.61. The Hall–Kier alpha value is -4.62. The molecule has 14 heteroatoms. The minimum absolute atomic E-state index is 0.265. The van der Waals surface area contributed by atoms with Crippen molar-refractivity contribution in [2.24, 2.45) is 0 Å². The van der Waals surface area contributed by atoms with E-state index in [1.807, 2.05) is 0 Å². The van der Waals surface area contributed by atoms with Gasteiger partial charge in [0.1, 0.15) is 12.4 Å². The number of anilines is 1. The Morgan fingerprint density at radius 3 is 2.55 bits per heavy atom. The van der Waals surface area contributed by atoms with Gasteiger partial charge in [0.25, 0.3) is 0 Å². The van der Waals surface area contributed by atoms with Crippen molar-refractivity contribution in [1.82, 2.24) is 30.4 Å². The number of hydrogen-bond donors (Lipinski definition) is 2. The fraction of sp³-hybridized carbons (Fsp3) is 0.269. The third-order valence-corrected chi connectivity index (χ3v) is 6.18. The van der Waals surface area contributed by atoms with Crippen LogP contribution in [0, 0.1) is 0 Å². The van der Waals surface area contributed by atoms with Gasteiger partial charge in [0.05, 0.1) is 38.0 Å². The molecule has 208 valence electrons. The zero-order valence-electron chi connectivity index (χ0n) is 21.4. The summed E-state index contributed by atoms with van der Waals surface area (Å²) in [4.78, 5) is 52.3. The Morgan fingerprint density at radius 2 is 1.88 bits per heavy atom. The van der Waals surface area contributed by atoms with Crippen LogP contribution in [-0.4, -0.2) is 88.3 Å². The summed E-state index contributed by atoms with van der Waals surface area (Å²) >= 11 is 6.14. The Balaban J connectivity index is 1.50. The molecule has 1 saturated heterocycles. The third-order valence-electron chi connectivity index (χ3n) is 5.95. The second kappa shape index (κ2) is 13.4. The number of esters is 1. The lowest BCUT2D eigenvalue weighted by Gasteiger charge is -2.28. The van der Waals surface area contributed by atoms with Crippen LogP contribution in [0.2, 0.25) is 5.02 Å². The third kappa shape index (κ3) is 7.48. The fourth-order valence-electron chi connectivity index (χ4n) is 3.89. The van der Waals surface area contributed by atoms with E-state index in [0.29, 0.717) is 53.8 Å². The van der Waals surface area contributed by atoms with Crippen LogP contribution in [0.25, 0.3) is 11.8 Å². The normalized spacial score (nSPS) is 14.0. The minimum Gasteiger partial charge on any atom is -0.465 e. The van der Waals surface area contributed by atoms with Crippen LogP contribution in [0.1, 0.15) is 22.3 Å². The minimum atomic E-state index is -1.19. The van der Waals surface area contributed by atoms with Crippen molar-refractivity contribution in [2.75, 3.05) is 38.7 Å². The molecule has 0 unspecified atom stereocenters. The number of hydrogen-bond acceptors (Lipinski definition) is 9. The SMILES string of the molecule is COC(=O)c1ccc(NC(=O)[C@H](CC(=O)N2CCOCC2)NC(=O)C=Cc2cc(Cl)ccc2-n2cnnn2)cc1. The molecule has 4 rings (SSSR count). The summed E-state index contributed by atoms with van der Waals surface area (Å²) in [5.41, 5.74) is 1.80. The van der Waals surface area contributed by atoms with E-state index < -0.39 is 23.8 Å². The number of benzene rings is 2. The van der Waals surface area contributed by atoms with Gasteiger partial charge >= 0.3 is 5.97 Å². The quantitative estimate of drug-likeness (QED) is 0.288. The number of carbonyl (C=O) groups excluding carboxylic acids is 4. The predicted octanol–water partition coefficient (Wildman–Crippen LogP) is 1.49. The van der Waals surface area contributed by atoms with Crippen LogP contribution in [0.5, 0.6) is 0 Å². The van der Waals surface area contributed by atoms with E-state index in [4.69, 9.17) is 16.3 Å². The predicted molar refractivity (Wildman–Crippen MR) is 144 cm³/mol. The summed E-state index contributed by atoms with van der Waals surface area (Å²) in [6, 6.07) is 9.81. The van der Waals surface area contributed by atoms with Crippen LogP contribution in [0.3, 0.4) is 0 Å². The summed E-state index contributed by atoms with van der Waals surface area (Å²) < 4.78 is 11.4. The number of ether oxygens (including phenoxy) is 2. The Morgan fingerprint density at radius 1 is 1.12 bits per heavy atom. The van der Waals surface area contributed by atoms with Gasteiger partial charge in [0, 0.05) is 35.4 Å². The van der Waals surface area contributed by atoms with Crippen molar-refractivity contribution in [3.05, 3.63) is 71.0 Å². The first-order chi connectivity index (χ1) is 19.3. The van der Waals surface area contributed by atoms with Gasteiger partial charge in [-0.25, -0.2) is 4.79 Å². The van der Waals surface area contributed by atoms with Crippen LogP contribution in [0.15, 0.2) is 54.9 Å². The van der Waals surface area contributed by atoms with Crippen molar-refractivity contribution < 1.29 is 28.7 Å². The lowest BCUT2D eigenvalue weighted by Crippen LogP contribution is -2.48. The van der Waals surface area contributed by atoms with Gasteiger partial charge in [0.15, 0.2) is 0 Å². The fourth-order valence-corrected chi connectivity index (χ4v) is 4.07. The molecule has 3 amide bonds. The summed E-state index contributed by atoms with van der Waals surface area (Å²) in [6.45, 7) is 1.58. The van der Waals surface area contributed by atoms with Gasteiger partial charge in [0.2, 0.25) is 17.7 Å². The number of amides is 3. The number of methoxy groups -OCH3 is 1. The van der Waals surface area contributed by atoms with Crippen LogP contribution in [0.4, 0.5) is 5.69 Å². The van der Waals surface area contributed by atoms with Crippen LogP contribution >= 0.6 is 11.6 Å². The van der Waals surface area contributed by atoms with Gasteiger partial charge in [-0.15, -0.1) is 5.10 Å². The highest BCUT2D eigenvalue weighted by Gasteiger charge is 2.27. The molecule has 0 bridgehead atoms. The number of nitrogens with one attached hydrogen (secondary N) is 2. The number of carbonyl (C=O) groups is 4. The number of tetrazole rings is 1. The number of morpholine rings is 1. The average Bonchev–Trinajstić information content (AvgIpc) is 3.51. The maximum Gasteiger partial charge on any atom is 0.337 e. The molecule has 0 spiro atoms. The van der Waals surface area contributed by atoms with E-state index in [0.717, 1.165) is 0 Å². The molecule has 13 nitrogen and oxygen atoms in total. The molecule has 2 heterocycles. The number of aromatic nitrogens is 4. The highest BCUT2D eigenvalue weighted by Crippen LogP contribution is 2.20. The first-order valence-electron chi connectivity index (χ1n) is 12.2. The molecular weight excluding hydrogens is 542 g/mol. The second-order valence-corrected chi connectivity index (χ2v) is 9.04. The Kier molecular flexibility index (Phi) is 9.54. The molecule has 40 heavy (non-hydrogen) atoms. The van der Waals surface area contributed by atoms with E-state index >= 15 is 0 Å². The van der Waals surface area contributed by atoms with Gasteiger partial charge in [-0.2, -0.15) is 4.68 Å².